The first kappa shape index (κ1) is 12.4. The number of quaternary nitrogens is 1. The van der Waals surface area contributed by atoms with Gasteiger partial charge in [-0.15, -0.1) is 0 Å². The summed E-state index contributed by atoms with van der Waals surface area (Å²) in [6, 6.07) is 0. The molecule has 0 aromatic heterocycles. The fraction of sp³-hybridized carbons (Fsp3) is 0.900. The number of carbonyl (C=O) groups excluding carboxylic acids is 1. The van der Waals surface area contributed by atoms with Gasteiger partial charge in [-0.2, -0.15) is 0 Å². The van der Waals surface area contributed by atoms with Crippen molar-refractivity contribution >= 4 is 5.91 Å². The maximum atomic E-state index is 11.3. The van der Waals surface area contributed by atoms with Crippen LogP contribution in [0, 0.1) is 5.92 Å². The molecular formula is C10H23N2O+. The summed E-state index contributed by atoms with van der Waals surface area (Å²) in [5.41, 5.74) is 0. The highest BCUT2D eigenvalue weighted by Gasteiger charge is 2.08. The molecule has 2 N–H and O–H groups in total. The van der Waals surface area contributed by atoms with Gasteiger partial charge < -0.3 is 10.2 Å². The molecular weight excluding hydrogens is 164 g/mol. The van der Waals surface area contributed by atoms with Crippen LogP contribution in [-0.2, 0) is 4.79 Å². The molecule has 1 amide bonds. The Bertz CT molecular complexity index is 146. The van der Waals surface area contributed by atoms with Crippen molar-refractivity contribution in [1.82, 2.24) is 5.32 Å². The number of hydrogen-bond acceptors (Lipinski definition) is 1. The van der Waals surface area contributed by atoms with Crippen LogP contribution in [0.2, 0.25) is 0 Å². The summed E-state index contributed by atoms with van der Waals surface area (Å²) in [5.74, 6) is 0.350. The van der Waals surface area contributed by atoms with Crippen LogP contribution in [0.15, 0.2) is 0 Å². The highest BCUT2D eigenvalue weighted by Crippen LogP contribution is 1.98. The third-order valence-electron chi connectivity index (χ3n) is 2.21. The minimum atomic E-state index is 0.159. The molecule has 1 atom stereocenters. The van der Waals surface area contributed by atoms with Gasteiger partial charge in [0.25, 0.3) is 0 Å². The highest BCUT2D eigenvalue weighted by atomic mass is 16.1. The van der Waals surface area contributed by atoms with E-state index in [1.807, 2.05) is 13.8 Å². The van der Waals surface area contributed by atoms with Crippen molar-refractivity contribution in [3.8, 4) is 0 Å². The molecule has 0 rings (SSSR count). The van der Waals surface area contributed by atoms with E-state index in [0.717, 1.165) is 25.9 Å². The van der Waals surface area contributed by atoms with E-state index in [1.165, 1.54) is 4.90 Å². The second-order valence-electron chi connectivity index (χ2n) is 3.91. The van der Waals surface area contributed by atoms with Crippen molar-refractivity contribution in [2.75, 3.05) is 27.2 Å². The van der Waals surface area contributed by atoms with E-state index in [2.05, 4.69) is 19.4 Å². The Hall–Kier alpha value is -0.570. The van der Waals surface area contributed by atoms with Gasteiger partial charge in [0, 0.05) is 18.9 Å². The maximum Gasteiger partial charge on any atom is 0.222 e. The molecule has 0 aliphatic rings. The second-order valence-corrected chi connectivity index (χ2v) is 3.91. The molecule has 0 heterocycles. The van der Waals surface area contributed by atoms with E-state index in [-0.39, 0.29) is 11.8 Å². The fourth-order valence-corrected chi connectivity index (χ4v) is 1.01. The zero-order valence-corrected chi connectivity index (χ0v) is 9.31. The van der Waals surface area contributed by atoms with Crippen LogP contribution in [0.4, 0.5) is 0 Å². The van der Waals surface area contributed by atoms with Gasteiger partial charge in [-0.25, -0.2) is 0 Å². The van der Waals surface area contributed by atoms with Crippen LogP contribution in [0.1, 0.15) is 26.7 Å². The van der Waals surface area contributed by atoms with E-state index in [4.69, 9.17) is 0 Å². The minimum Gasteiger partial charge on any atom is -0.356 e. The molecule has 3 heteroatoms. The van der Waals surface area contributed by atoms with Gasteiger partial charge in [0.1, 0.15) is 0 Å². The van der Waals surface area contributed by atoms with Crippen molar-refractivity contribution in [1.29, 1.82) is 0 Å². The van der Waals surface area contributed by atoms with E-state index >= 15 is 0 Å². The molecule has 0 fully saturated rings. The monoisotopic (exact) mass is 187 g/mol. The van der Waals surface area contributed by atoms with E-state index in [1.54, 1.807) is 0 Å². The first-order valence-electron chi connectivity index (χ1n) is 5.14. The maximum absolute atomic E-state index is 11.3. The summed E-state index contributed by atoms with van der Waals surface area (Å²) < 4.78 is 0. The van der Waals surface area contributed by atoms with Crippen LogP contribution >= 0.6 is 0 Å². The first-order chi connectivity index (χ1) is 6.07. The van der Waals surface area contributed by atoms with Crippen molar-refractivity contribution in [3.05, 3.63) is 0 Å². The summed E-state index contributed by atoms with van der Waals surface area (Å²) >= 11 is 0. The predicted octanol–water partition coefficient (Wildman–Crippen LogP) is -0.317. The van der Waals surface area contributed by atoms with Crippen molar-refractivity contribution in [2.24, 2.45) is 5.92 Å². The summed E-state index contributed by atoms with van der Waals surface area (Å²) in [7, 11) is 4.24. The van der Waals surface area contributed by atoms with Crippen LogP contribution in [0.3, 0.4) is 0 Å². The summed E-state index contributed by atoms with van der Waals surface area (Å²) in [5, 5.41) is 2.94. The molecule has 0 aliphatic carbocycles. The molecule has 78 valence electrons. The smallest absolute Gasteiger partial charge is 0.222 e. The van der Waals surface area contributed by atoms with Crippen LogP contribution in [0.5, 0.6) is 0 Å². The highest BCUT2D eigenvalue weighted by molar-refractivity contribution is 5.78. The molecule has 0 bridgehead atoms. The zero-order chi connectivity index (χ0) is 10.3. The van der Waals surface area contributed by atoms with Crippen molar-refractivity contribution < 1.29 is 9.69 Å². The molecule has 0 aliphatic heterocycles. The SMILES string of the molecule is CCC(C)C(=O)NCCC[NH+](C)C. The van der Waals surface area contributed by atoms with Crippen molar-refractivity contribution in [3.63, 3.8) is 0 Å². The van der Waals surface area contributed by atoms with E-state index in [0.29, 0.717) is 0 Å². The molecule has 0 radical (unpaired) electrons. The Labute approximate surface area is 81.5 Å². The number of amides is 1. The Balaban J connectivity index is 3.37. The first-order valence-corrected chi connectivity index (χ1v) is 5.14. The molecule has 0 saturated carbocycles. The fourth-order valence-electron chi connectivity index (χ4n) is 1.01. The van der Waals surface area contributed by atoms with E-state index in [9.17, 15) is 4.79 Å². The molecule has 0 aromatic rings. The third kappa shape index (κ3) is 6.58. The Morgan fingerprint density at radius 1 is 1.46 bits per heavy atom. The van der Waals surface area contributed by atoms with Gasteiger partial charge in [0.05, 0.1) is 20.6 Å². The largest absolute Gasteiger partial charge is 0.356 e. The topological polar surface area (TPSA) is 33.5 Å². The zero-order valence-electron chi connectivity index (χ0n) is 9.31. The second kappa shape index (κ2) is 6.89. The van der Waals surface area contributed by atoms with Crippen LogP contribution < -0.4 is 10.2 Å². The normalized spacial score (nSPS) is 13.0. The average molecular weight is 187 g/mol. The molecule has 0 aromatic carbocycles. The van der Waals surface area contributed by atoms with Crippen LogP contribution in [0.25, 0.3) is 0 Å². The van der Waals surface area contributed by atoms with Crippen molar-refractivity contribution in [2.45, 2.75) is 26.7 Å². The van der Waals surface area contributed by atoms with E-state index < -0.39 is 0 Å². The number of carbonyl (C=O) groups is 1. The van der Waals surface area contributed by atoms with Gasteiger partial charge in [-0.1, -0.05) is 13.8 Å². The average Bonchev–Trinajstić information content (AvgIpc) is 2.10. The third-order valence-corrected chi connectivity index (χ3v) is 2.21. The Morgan fingerprint density at radius 2 is 2.08 bits per heavy atom. The van der Waals surface area contributed by atoms with Gasteiger partial charge in [-0.05, 0) is 6.42 Å². The molecule has 0 saturated heterocycles. The molecule has 1 unspecified atom stereocenters. The Kier molecular flexibility index (Phi) is 6.59. The lowest BCUT2D eigenvalue weighted by molar-refractivity contribution is -0.858. The standard InChI is InChI=1S/C10H22N2O/c1-5-9(2)10(13)11-7-6-8-12(3)4/h9H,5-8H2,1-4H3,(H,11,13)/p+1. The van der Waals surface area contributed by atoms with Gasteiger partial charge >= 0.3 is 0 Å². The quantitative estimate of drug-likeness (QED) is 0.549. The molecule has 0 spiro atoms. The minimum absolute atomic E-state index is 0.159. The molecule has 13 heavy (non-hydrogen) atoms. The number of rotatable bonds is 6. The van der Waals surface area contributed by atoms with Gasteiger partial charge in [0.2, 0.25) is 5.91 Å². The number of nitrogens with one attached hydrogen (secondary N) is 2. The van der Waals surface area contributed by atoms with Crippen LogP contribution in [-0.4, -0.2) is 33.1 Å². The summed E-state index contributed by atoms with van der Waals surface area (Å²) in [4.78, 5) is 12.7. The van der Waals surface area contributed by atoms with Gasteiger partial charge in [0.15, 0.2) is 0 Å². The van der Waals surface area contributed by atoms with Gasteiger partial charge in [-0.3, -0.25) is 4.79 Å². The molecule has 3 nitrogen and oxygen atoms in total. The lowest BCUT2D eigenvalue weighted by Gasteiger charge is -2.10. The number of hydrogen-bond donors (Lipinski definition) is 2. The lowest BCUT2D eigenvalue weighted by Crippen LogP contribution is -3.05. The summed E-state index contributed by atoms with van der Waals surface area (Å²) in [6.07, 6.45) is 1.98. The predicted molar refractivity (Wildman–Crippen MR) is 54.8 cm³/mol. The summed E-state index contributed by atoms with van der Waals surface area (Å²) in [6.45, 7) is 5.93. The lowest BCUT2D eigenvalue weighted by atomic mass is 10.1. The Morgan fingerprint density at radius 3 is 2.54 bits per heavy atom.